The summed E-state index contributed by atoms with van der Waals surface area (Å²) in [7, 11) is 0. The Hall–Kier alpha value is -0.840. The molecule has 1 aliphatic heterocycles. The van der Waals surface area contributed by atoms with E-state index < -0.39 is 0 Å². The van der Waals surface area contributed by atoms with Crippen LogP contribution >= 0.6 is 27.3 Å². The quantitative estimate of drug-likeness (QED) is 0.855. The average molecular weight is 323 g/mol. The number of nitrogens with two attached hydrogens (primary N) is 1. The van der Waals surface area contributed by atoms with Gasteiger partial charge in [0.25, 0.3) is 0 Å². The number of hydrogen-bond acceptors (Lipinski definition) is 3. The predicted molar refractivity (Wildman–Crippen MR) is 80.7 cm³/mol. The topological polar surface area (TPSA) is 29.3 Å². The monoisotopic (exact) mass is 322 g/mol. The van der Waals surface area contributed by atoms with Gasteiger partial charge in [0.2, 0.25) is 0 Å². The van der Waals surface area contributed by atoms with Gasteiger partial charge in [0.05, 0.1) is 0 Å². The van der Waals surface area contributed by atoms with Crippen LogP contribution in [-0.2, 0) is 19.5 Å². The molecule has 2 nitrogen and oxygen atoms in total. The molecule has 1 aliphatic rings. The standard InChI is InChI=1S/C14H15BrN2S/c15-11-6-12(18-9-11)7-17-5-4-10-2-1-3-14(16)13(10)8-17/h1-3,6,9H,4-5,7-8,16H2. The highest BCUT2D eigenvalue weighted by molar-refractivity contribution is 9.10. The first kappa shape index (κ1) is 12.2. The number of rotatable bonds is 2. The molecular weight excluding hydrogens is 308 g/mol. The molecule has 1 aromatic heterocycles. The molecule has 2 N–H and O–H groups in total. The molecule has 0 aliphatic carbocycles. The van der Waals surface area contributed by atoms with Gasteiger partial charge in [-0.05, 0) is 45.6 Å². The van der Waals surface area contributed by atoms with Gasteiger partial charge in [-0.25, -0.2) is 0 Å². The Balaban J connectivity index is 1.76. The minimum Gasteiger partial charge on any atom is -0.398 e. The summed E-state index contributed by atoms with van der Waals surface area (Å²) >= 11 is 5.32. The Morgan fingerprint density at radius 2 is 2.28 bits per heavy atom. The largest absolute Gasteiger partial charge is 0.398 e. The minimum absolute atomic E-state index is 0.935. The molecule has 0 bridgehead atoms. The van der Waals surface area contributed by atoms with Crippen molar-refractivity contribution in [3.05, 3.63) is 50.1 Å². The second kappa shape index (κ2) is 5.03. The van der Waals surface area contributed by atoms with Crippen LogP contribution in [0.25, 0.3) is 0 Å². The fraction of sp³-hybridized carbons (Fsp3) is 0.286. The lowest BCUT2D eigenvalue weighted by atomic mass is 9.98. The number of fused-ring (bicyclic) bond motifs is 1. The summed E-state index contributed by atoms with van der Waals surface area (Å²) in [4.78, 5) is 3.87. The summed E-state index contributed by atoms with van der Waals surface area (Å²) in [5.74, 6) is 0. The van der Waals surface area contributed by atoms with Crippen molar-refractivity contribution in [2.24, 2.45) is 0 Å². The van der Waals surface area contributed by atoms with Gasteiger partial charge in [-0.2, -0.15) is 0 Å². The van der Waals surface area contributed by atoms with Crippen LogP contribution in [0, 0.1) is 0 Å². The highest BCUT2D eigenvalue weighted by atomic mass is 79.9. The van der Waals surface area contributed by atoms with Gasteiger partial charge in [0.15, 0.2) is 0 Å². The maximum atomic E-state index is 6.07. The van der Waals surface area contributed by atoms with Crippen molar-refractivity contribution in [1.82, 2.24) is 4.90 Å². The molecule has 0 spiro atoms. The molecular formula is C14H15BrN2S. The van der Waals surface area contributed by atoms with Gasteiger partial charge in [0.1, 0.15) is 0 Å². The SMILES string of the molecule is Nc1cccc2c1CN(Cc1cc(Br)cs1)CC2. The smallest absolute Gasteiger partial charge is 0.0362 e. The summed E-state index contributed by atoms with van der Waals surface area (Å²) in [6.07, 6.45) is 1.10. The number of halogens is 1. The second-order valence-corrected chi connectivity index (χ2v) is 6.59. The van der Waals surface area contributed by atoms with Crippen molar-refractivity contribution in [3.63, 3.8) is 0 Å². The number of hydrogen-bond donors (Lipinski definition) is 1. The van der Waals surface area contributed by atoms with Crippen molar-refractivity contribution in [2.45, 2.75) is 19.5 Å². The van der Waals surface area contributed by atoms with Crippen LogP contribution in [0.5, 0.6) is 0 Å². The zero-order chi connectivity index (χ0) is 12.5. The van der Waals surface area contributed by atoms with E-state index in [-0.39, 0.29) is 0 Å². The van der Waals surface area contributed by atoms with Crippen LogP contribution in [0.15, 0.2) is 34.1 Å². The van der Waals surface area contributed by atoms with Crippen LogP contribution in [0.2, 0.25) is 0 Å². The molecule has 0 unspecified atom stereocenters. The third kappa shape index (κ3) is 2.46. The van der Waals surface area contributed by atoms with E-state index in [0.29, 0.717) is 0 Å². The number of benzene rings is 1. The van der Waals surface area contributed by atoms with Crippen LogP contribution in [0.4, 0.5) is 5.69 Å². The molecule has 0 saturated heterocycles. The summed E-state index contributed by atoms with van der Waals surface area (Å²) in [5, 5.41) is 2.14. The van der Waals surface area contributed by atoms with Crippen LogP contribution in [-0.4, -0.2) is 11.4 Å². The van der Waals surface area contributed by atoms with E-state index in [1.807, 2.05) is 17.4 Å². The minimum atomic E-state index is 0.935. The van der Waals surface area contributed by atoms with E-state index in [1.165, 1.54) is 20.5 Å². The Morgan fingerprint density at radius 1 is 1.39 bits per heavy atom. The lowest BCUT2D eigenvalue weighted by Gasteiger charge is -2.29. The molecule has 4 heteroatoms. The maximum absolute atomic E-state index is 6.07. The van der Waals surface area contributed by atoms with Crippen LogP contribution < -0.4 is 5.73 Å². The van der Waals surface area contributed by atoms with E-state index in [2.05, 4.69) is 44.4 Å². The Labute approximate surface area is 120 Å². The van der Waals surface area contributed by atoms with Crippen molar-refractivity contribution in [2.75, 3.05) is 12.3 Å². The molecule has 0 radical (unpaired) electrons. The van der Waals surface area contributed by atoms with E-state index in [9.17, 15) is 0 Å². The first-order valence-corrected chi connectivity index (χ1v) is 7.71. The zero-order valence-corrected chi connectivity index (χ0v) is 12.4. The molecule has 94 valence electrons. The molecule has 0 atom stereocenters. The highest BCUT2D eigenvalue weighted by Crippen LogP contribution is 2.27. The fourth-order valence-electron chi connectivity index (χ4n) is 2.45. The lowest BCUT2D eigenvalue weighted by Crippen LogP contribution is -2.30. The summed E-state index contributed by atoms with van der Waals surface area (Å²) in [6, 6.07) is 8.46. The van der Waals surface area contributed by atoms with Crippen molar-refractivity contribution in [1.29, 1.82) is 0 Å². The average Bonchev–Trinajstić information content (AvgIpc) is 2.76. The van der Waals surface area contributed by atoms with E-state index in [1.54, 1.807) is 0 Å². The lowest BCUT2D eigenvalue weighted by molar-refractivity contribution is 0.248. The van der Waals surface area contributed by atoms with E-state index >= 15 is 0 Å². The van der Waals surface area contributed by atoms with Gasteiger partial charge in [0, 0.05) is 40.1 Å². The van der Waals surface area contributed by atoms with Gasteiger partial charge >= 0.3 is 0 Å². The normalized spacial score (nSPS) is 15.6. The van der Waals surface area contributed by atoms with Crippen molar-refractivity contribution < 1.29 is 0 Å². The number of thiophene rings is 1. The molecule has 3 rings (SSSR count). The molecule has 2 heterocycles. The second-order valence-electron chi connectivity index (χ2n) is 4.68. The number of anilines is 1. The molecule has 0 amide bonds. The van der Waals surface area contributed by atoms with Crippen molar-refractivity contribution in [3.8, 4) is 0 Å². The fourth-order valence-corrected chi connectivity index (χ4v) is 3.95. The summed E-state index contributed by atoms with van der Waals surface area (Å²) in [6.45, 7) is 3.10. The van der Waals surface area contributed by atoms with E-state index in [4.69, 9.17) is 5.73 Å². The number of nitrogen functional groups attached to an aromatic ring is 1. The molecule has 0 saturated carbocycles. The van der Waals surface area contributed by atoms with Crippen molar-refractivity contribution >= 4 is 33.0 Å². The van der Waals surface area contributed by atoms with Gasteiger partial charge < -0.3 is 5.73 Å². The Kier molecular flexibility index (Phi) is 3.41. The number of nitrogens with zero attached hydrogens (tertiary/aromatic N) is 1. The van der Waals surface area contributed by atoms with Gasteiger partial charge in [-0.3, -0.25) is 4.90 Å². The Bertz CT molecular complexity index is 565. The highest BCUT2D eigenvalue weighted by Gasteiger charge is 2.18. The first-order chi connectivity index (χ1) is 8.72. The summed E-state index contributed by atoms with van der Waals surface area (Å²) < 4.78 is 1.18. The third-order valence-corrected chi connectivity index (χ3v) is 5.07. The molecule has 0 fully saturated rings. The summed E-state index contributed by atoms with van der Waals surface area (Å²) in [5.41, 5.74) is 9.74. The molecule has 18 heavy (non-hydrogen) atoms. The Morgan fingerprint density at radius 3 is 3.06 bits per heavy atom. The van der Waals surface area contributed by atoms with Gasteiger partial charge in [-0.1, -0.05) is 12.1 Å². The first-order valence-electron chi connectivity index (χ1n) is 6.04. The molecule has 1 aromatic carbocycles. The van der Waals surface area contributed by atoms with Crippen LogP contribution in [0.3, 0.4) is 0 Å². The predicted octanol–water partition coefficient (Wildman–Crippen LogP) is 3.65. The van der Waals surface area contributed by atoms with Crippen LogP contribution in [0.1, 0.15) is 16.0 Å². The van der Waals surface area contributed by atoms with Gasteiger partial charge in [-0.15, -0.1) is 11.3 Å². The zero-order valence-electron chi connectivity index (χ0n) is 10.0. The third-order valence-electron chi connectivity index (χ3n) is 3.39. The van der Waals surface area contributed by atoms with E-state index in [0.717, 1.165) is 31.7 Å². The molecule has 2 aromatic rings. The maximum Gasteiger partial charge on any atom is 0.0362 e.